The number of aromatic nitrogens is 2. The van der Waals surface area contributed by atoms with Gasteiger partial charge in [-0.2, -0.15) is 9.36 Å². The number of β-lactam (4-membered cyclic amide) rings is 1. The Labute approximate surface area is 194 Å². The molecule has 3 heterocycles. The van der Waals surface area contributed by atoms with Crippen LogP contribution in [0.1, 0.15) is 19.2 Å². The Balaban J connectivity index is 1.73. The van der Waals surface area contributed by atoms with Gasteiger partial charge in [0.25, 0.3) is 11.8 Å². The van der Waals surface area contributed by atoms with Gasteiger partial charge in [-0.25, -0.2) is 4.79 Å². The van der Waals surface area contributed by atoms with Gasteiger partial charge < -0.3 is 25.7 Å². The van der Waals surface area contributed by atoms with E-state index in [1.54, 1.807) is 0 Å². The maximum Gasteiger partial charge on any atom is 0.352 e. The third kappa shape index (κ3) is 5.11. The minimum Gasteiger partial charge on any atom is -0.477 e. The van der Waals surface area contributed by atoms with Crippen LogP contribution in [-0.4, -0.2) is 85.5 Å². The molecule has 3 rings (SSSR count). The smallest absolute Gasteiger partial charge is 0.352 e. The van der Waals surface area contributed by atoms with Gasteiger partial charge in [0.2, 0.25) is 11.5 Å². The first-order valence-corrected chi connectivity index (χ1v) is 11.0. The lowest BCUT2D eigenvalue weighted by molar-refractivity contribution is -0.150. The molecule has 1 saturated heterocycles. The molecular weight excluding hydrogens is 480 g/mol. The number of fused-ring (bicyclic) bond motifs is 1. The monoisotopic (exact) mass is 498 g/mol. The number of carboxylic acids is 1. The highest BCUT2D eigenvalue weighted by Crippen LogP contribution is 2.40. The number of rotatable bonds is 9. The summed E-state index contributed by atoms with van der Waals surface area (Å²) in [5.74, 6) is -4.02. The summed E-state index contributed by atoms with van der Waals surface area (Å²) in [4.78, 5) is 69.4. The average molecular weight is 498 g/mol. The Morgan fingerprint density at radius 3 is 2.67 bits per heavy atom. The predicted molar refractivity (Wildman–Crippen MR) is 114 cm³/mol. The largest absolute Gasteiger partial charge is 0.477 e. The summed E-state index contributed by atoms with van der Waals surface area (Å²) in [5, 5.41) is 15.1. The van der Waals surface area contributed by atoms with Crippen LogP contribution in [-0.2, 0) is 33.5 Å². The fourth-order valence-corrected chi connectivity index (χ4v) is 4.79. The van der Waals surface area contributed by atoms with Gasteiger partial charge in [-0.3, -0.25) is 24.1 Å². The Hall–Kier alpha value is -3.53. The van der Waals surface area contributed by atoms with Crippen molar-refractivity contribution in [3.05, 3.63) is 17.1 Å². The number of hydrogen-bond acceptors (Lipinski definition) is 13. The Kier molecular flexibility index (Phi) is 7.27. The molecule has 0 aliphatic carbocycles. The van der Waals surface area contributed by atoms with Crippen LogP contribution >= 0.6 is 23.3 Å². The molecule has 1 aromatic rings. The molecule has 1 fully saturated rings. The number of ether oxygens (including phenoxy) is 1. The molecule has 2 aliphatic rings. The molecule has 16 heteroatoms. The second-order valence-electron chi connectivity index (χ2n) is 6.74. The number of oxime groups is 1. The number of hydrogen-bond donors (Lipinski definition) is 3. The van der Waals surface area contributed by atoms with Gasteiger partial charge in [-0.1, -0.05) is 5.16 Å². The van der Waals surface area contributed by atoms with Crippen LogP contribution in [0.25, 0.3) is 0 Å². The topological polar surface area (TPSA) is 203 Å². The Morgan fingerprint density at radius 2 is 2.09 bits per heavy atom. The number of nitrogens with one attached hydrogen (secondary N) is 1. The SMILES string of the molecule is CO/N=C(\C(=O)N[C@@H]1C(=O)N2C(C(=O)O)=C(COC(=O)CC(C)=O)CS[C@H]12)c1nsc(N)n1. The summed E-state index contributed by atoms with van der Waals surface area (Å²) in [6.45, 7) is 0.843. The van der Waals surface area contributed by atoms with Crippen LogP contribution in [0.3, 0.4) is 0 Å². The van der Waals surface area contributed by atoms with E-state index in [1.807, 2.05) is 0 Å². The van der Waals surface area contributed by atoms with Crippen LogP contribution in [0.5, 0.6) is 0 Å². The molecule has 0 radical (unpaired) electrons. The first-order chi connectivity index (χ1) is 15.6. The van der Waals surface area contributed by atoms with Crippen LogP contribution in [0.4, 0.5) is 5.13 Å². The van der Waals surface area contributed by atoms with E-state index in [0.717, 1.165) is 16.4 Å². The molecule has 4 N–H and O–H groups in total. The summed E-state index contributed by atoms with van der Waals surface area (Å²) in [6, 6.07) is -1.04. The standard InChI is InChI=1S/C17H18N6O8S2/c1-6(24)3-8(25)31-4-7-5-32-15-10(14(27)23(15)11(7)16(28)29)19-13(26)9(21-30-2)12-20-17(18)33-22-12/h10,15H,3-5H2,1-2H3,(H,19,26)(H,28,29)(H2,18,20,22)/b21-9-/t10-,15-/m1/s1. The van der Waals surface area contributed by atoms with Crippen molar-refractivity contribution in [2.24, 2.45) is 5.16 Å². The lowest BCUT2D eigenvalue weighted by Gasteiger charge is -2.49. The lowest BCUT2D eigenvalue weighted by Crippen LogP contribution is -2.71. The number of esters is 1. The van der Waals surface area contributed by atoms with Gasteiger partial charge in [-0.15, -0.1) is 11.8 Å². The molecule has 2 atom stereocenters. The number of ketones is 1. The van der Waals surface area contributed by atoms with E-state index < -0.39 is 47.4 Å². The predicted octanol–water partition coefficient (Wildman–Crippen LogP) is -1.27. The number of nitrogens with two attached hydrogens (primary N) is 1. The molecule has 0 unspecified atom stereocenters. The first kappa shape index (κ1) is 24.1. The quantitative estimate of drug-likeness (QED) is 0.120. The highest BCUT2D eigenvalue weighted by molar-refractivity contribution is 8.00. The van der Waals surface area contributed by atoms with E-state index in [9.17, 15) is 29.1 Å². The fraction of sp³-hybridized carbons (Fsp3) is 0.412. The highest BCUT2D eigenvalue weighted by Gasteiger charge is 2.54. The maximum atomic E-state index is 12.7. The molecule has 1 aromatic heterocycles. The molecule has 14 nitrogen and oxygen atoms in total. The van der Waals surface area contributed by atoms with E-state index in [-0.39, 0.29) is 40.3 Å². The van der Waals surface area contributed by atoms with Gasteiger partial charge in [0.05, 0.1) is 0 Å². The molecule has 2 amide bonds. The number of aliphatic carboxylic acids is 1. The zero-order valence-electron chi connectivity index (χ0n) is 17.3. The summed E-state index contributed by atoms with van der Waals surface area (Å²) < 4.78 is 8.85. The minimum absolute atomic E-state index is 0.0856. The van der Waals surface area contributed by atoms with Crippen molar-refractivity contribution < 1.29 is 38.7 Å². The van der Waals surface area contributed by atoms with Crippen molar-refractivity contribution in [2.45, 2.75) is 24.8 Å². The number of Topliss-reactive ketones (excluding diaryl/α,β-unsaturated/α-hetero) is 1. The third-order valence-electron chi connectivity index (χ3n) is 4.39. The molecule has 2 aliphatic heterocycles. The number of carbonyl (C=O) groups excluding carboxylic acids is 4. The Bertz CT molecular complexity index is 1080. The third-order valence-corrected chi connectivity index (χ3v) is 6.27. The minimum atomic E-state index is -1.39. The summed E-state index contributed by atoms with van der Waals surface area (Å²) >= 11 is 2.02. The number of nitrogens with zero attached hydrogens (tertiary/aromatic N) is 4. The van der Waals surface area contributed by atoms with Crippen molar-refractivity contribution in [1.29, 1.82) is 0 Å². The van der Waals surface area contributed by atoms with Crippen molar-refractivity contribution in [3.8, 4) is 0 Å². The Morgan fingerprint density at radius 1 is 1.36 bits per heavy atom. The van der Waals surface area contributed by atoms with Gasteiger partial charge >= 0.3 is 11.9 Å². The van der Waals surface area contributed by atoms with Crippen LogP contribution in [0, 0.1) is 0 Å². The van der Waals surface area contributed by atoms with Crippen molar-refractivity contribution in [3.63, 3.8) is 0 Å². The lowest BCUT2D eigenvalue weighted by atomic mass is 10.0. The van der Waals surface area contributed by atoms with E-state index in [2.05, 4.69) is 24.7 Å². The second kappa shape index (κ2) is 9.95. The maximum absolute atomic E-state index is 12.7. The summed E-state index contributed by atoms with van der Waals surface area (Å²) in [5.41, 5.74) is 5.10. The van der Waals surface area contributed by atoms with E-state index in [4.69, 9.17) is 10.5 Å². The zero-order chi connectivity index (χ0) is 24.3. The molecule has 33 heavy (non-hydrogen) atoms. The van der Waals surface area contributed by atoms with Crippen molar-refractivity contribution >= 4 is 63.7 Å². The van der Waals surface area contributed by atoms with E-state index >= 15 is 0 Å². The number of carbonyl (C=O) groups is 5. The average Bonchev–Trinajstić information content (AvgIpc) is 3.18. The number of amides is 2. The van der Waals surface area contributed by atoms with Gasteiger partial charge in [0.1, 0.15) is 43.0 Å². The highest BCUT2D eigenvalue weighted by atomic mass is 32.2. The van der Waals surface area contributed by atoms with Crippen molar-refractivity contribution in [2.75, 3.05) is 25.2 Å². The first-order valence-electron chi connectivity index (χ1n) is 9.20. The number of nitrogen functional groups attached to an aromatic ring is 1. The van der Waals surface area contributed by atoms with Crippen LogP contribution in [0.2, 0.25) is 0 Å². The van der Waals surface area contributed by atoms with Crippen LogP contribution < -0.4 is 11.1 Å². The summed E-state index contributed by atoms with van der Waals surface area (Å²) in [7, 11) is 1.21. The number of thioether (sulfide) groups is 1. The molecule has 0 saturated carbocycles. The number of carboxylic acid groups (broad SMARTS) is 1. The van der Waals surface area contributed by atoms with E-state index in [0.29, 0.717) is 0 Å². The molecular formula is C17H18N6O8S2. The van der Waals surface area contributed by atoms with Gasteiger partial charge in [-0.05, 0) is 6.92 Å². The summed E-state index contributed by atoms with van der Waals surface area (Å²) in [6.07, 6.45) is -0.437. The van der Waals surface area contributed by atoms with Gasteiger partial charge in [0.15, 0.2) is 5.13 Å². The fourth-order valence-electron chi connectivity index (χ4n) is 3.03. The second-order valence-corrected chi connectivity index (χ2v) is 8.62. The van der Waals surface area contributed by atoms with Crippen molar-refractivity contribution in [1.82, 2.24) is 19.6 Å². The molecule has 176 valence electrons. The number of anilines is 1. The molecule has 0 spiro atoms. The zero-order valence-corrected chi connectivity index (χ0v) is 18.9. The molecule has 0 bridgehead atoms. The van der Waals surface area contributed by atoms with E-state index in [1.165, 1.54) is 25.8 Å². The van der Waals surface area contributed by atoms with Gasteiger partial charge in [0, 0.05) is 22.9 Å². The molecule has 0 aromatic carbocycles. The van der Waals surface area contributed by atoms with Crippen LogP contribution in [0.15, 0.2) is 16.4 Å². The normalized spacial score (nSPS) is 20.0.